The van der Waals surface area contributed by atoms with Crippen LogP contribution in [0.25, 0.3) is 0 Å². The van der Waals surface area contributed by atoms with Gasteiger partial charge >= 0.3 is 0 Å². The van der Waals surface area contributed by atoms with E-state index in [-0.39, 0.29) is 5.78 Å². The number of hydrogen-bond donors (Lipinski definition) is 0. The first-order valence-electron chi connectivity index (χ1n) is 5.31. The van der Waals surface area contributed by atoms with Crippen LogP contribution < -0.4 is 0 Å². The maximum Gasteiger partial charge on any atom is 0.155 e. The number of allylic oxidation sites excluding steroid dienone is 2. The molecule has 1 heteroatoms. The van der Waals surface area contributed by atoms with E-state index in [1.165, 1.54) is 11.1 Å². The highest BCUT2D eigenvalue weighted by atomic mass is 16.1. The molecule has 0 saturated carbocycles. The number of ketones is 1. The van der Waals surface area contributed by atoms with E-state index < -0.39 is 0 Å². The number of aryl methyl sites for hydroxylation is 2. The molecule has 0 heterocycles. The topological polar surface area (TPSA) is 17.1 Å². The molecule has 1 nitrogen and oxygen atoms in total. The zero-order chi connectivity index (χ0) is 11.3. The Kier molecular flexibility index (Phi) is 4.29. The van der Waals surface area contributed by atoms with Crippen LogP contribution in [0.5, 0.6) is 0 Å². The molecule has 1 aromatic carbocycles. The van der Waals surface area contributed by atoms with Crippen molar-refractivity contribution >= 4 is 5.78 Å². The fraction of sp³-hybridized carbons (Fsp3) is 0.357. The predicted octanol–water partition coefficient (Wildman–Crippen LogP) is 3.46. The standard InChI is InChI=1S/C14H18O/c1-11(2)10-14(15)9-8-13-6-4-12(3)5-7-13/h4-7,10H,8-9H2,1-3H3. The van der Waals surface area contributed by atoms with Crippen LogP contribution in [0.15, 0.2) is 35.9 Å². The lowest BCUT2D eigenvalue weighted by molar-refractivity contribution is -0.114. The van der Waals surface area contributed by atoms with Crippen molar-refractivity contribution in [3.63, 3.8) is 0 Å². The van der Waals surface area contributed by atoms with E-state index in [0.29, 0.717) is 6.42 Å². The van der Waals surface area contributed by atoms with Gasteiger partial charge < -0.3 is 0 Å². The smallest absolute Gasteiger partial charge is 0.155 e. The molecule has 0 saturated heterocycles. The summed E-state index contributed by atoms with van der Waals surface area (Å²) in [5.41, 5.74) is 3.56. The van der Waals surface area contributed by atoms with E-state index in [4.69, 9.17) is 0 Å². The van der Waals surface area contributed by atoms with Crippen LogP contribution in [-0.2, 0) is 11.2 Å². The molecule has 15 heavy (non-hydrogen) atoms. The van der Waals surface area contributed by atoms with Gasteiger partial charge in [0.1, 0.15) is 0 Å². The molecule has 0 radical (unpaired) electrons. The highest BCUT2D eigenvalue weighted by Gasteiger charge is 1.99. The average molecular weight is 202 g/mol. The summed E-state index contributed by atoms with van der Waals surface area (Å²) >= 11 is 0. The lowest BCUT2D eigenvalue weighted by Gasteiger charge is -2.00. The lowest BCUT2D eigenvalue weighted by atomic mass is 10.1. The minimum Gasteiger partial charge on any atom is -0.295 e. The Morgan fingerprint density at radius 2 is 1.80 bits per heavy atom. The SMILES string of the molecule is CC(C)=CC(=O)CCc1ccc(C)cc1. The first kappa shape index (κ1) is 11.7. The van der Waals surface area contributed by atoms with Gasteiger partial charge in [-0.15, -0.1) is 0 Å². The van der Waals surface area contributed by atoms with Gasteiger partial charge in [-0.05, 0) is 38.8 Å². The third-order valence-corrected chi connectivity index (χ3v) is 2.23. The van der Waals surface area contributed by atoms with Gasteiger partial charge in [0.05, 0.1) is 0 Å². The third kappa shape index (κ3) is 4.59. The van der Waals surface area contributed by atoms with Gasteiger partial charge in [0.2, 0.25) is 0 Å². The summed E-state index contributed by atoms with van der Waals surface area (Å²) < 4.78 is 0. The Morgan fingerprint density at radius 1 is 1.20 bits per heavy atom. The van der Waals surface area contributed by atoms with Crippen molar-refractivity contribution in [2.24, 2.45) is 0 Å². The quantitative estimate of drug-likeness (QED) is 0.683. The summed E-state index contributed by atoms with van der Waals surface area (Å²) in [6.07, 6.45) is 3.16. The highest BCUT2D eigenvalue weighted by molar-refractivity contribution is 5.90. The van der Waals surface area contributed by atoms with Gasteiger partial charge in [-0.25, -0.2) is 0 Å². The second-order valence-corrected chi connectivity index (χ2v) is 4.17. The largest absolute Gasteiger partial charge is 0.295 e. The van der Waals surface area contributed by atoms with Crippen molar-refractivity contribution in [3.8, 4) is 0 Å². The second-order valence-electron chi connectivity index (χ2n) is 4.17. The molecule has 1 rings (SSSR count). The molecule has 1 aromatic rings. The van der Waals surface area contributed by atoms with Gasteiger partial charge in [-0.3, -0.25) is 4.79 Å². The monoisotopic (exact) mass is 202 g/mol. The van der Waals surface area contributed by atoms with Crippen molar-refractivity contribution in [2.75, 3.05) is 0 Å². The molecule has 0 aliphatic carbocycles. The van der Waals surface area contributed by atoms with Crippen molar-refractivity contribution in [1.82, 2.24) is 0 Å². The van der Waals surface area contributed by atoms with Crippen molar-refractivity contribution in [1.29, 1.82) is 0 Å². The van der Waals surface area contributed by atoms with Crippen LogP contribution in [0.1, 0.15) is 31.4 Å². The molecular formula is C14H18O. The number of benzene rings is 1. The van der Waals surface area contributed by atoms with Crippen molar-refractivity contribution < 1.29 is 4.79 Å². The van der Waals surface area contributed by atoms with Gasteiger partial charge in [0.25, 0.3) is 0 Å². The summed E-state index contributed by atoms with van der Waals surface area (Å²) in [6, 6.07) is 8.34. The molecule has 80 valence electrons. The average Bonchev–Trinajstić information content (AvgIpc) is 2.16. The molecule has 0 N–H and O–H groups in total. The van der Waals surface area contributed by atoms with Gasteiger partial charge in [-0.2, -0.15) is 0 Å². The maximum absolute atomic E-state index is 11.4. The van der Waals surface area contributed by atoms with Gasteiger partial charge in [-0.1, -0.05) is 35.4 Å². The number of hydrogen-bond acceptors (Lipinski definition) is 1. The number of carbonyl (C=O) groups excluding carboxylic acids is 1. The van der Waals surface area contributed by atoms with Crippen LogP contribution in [-0.4, -0.2) is 5.78 Å². The van der Waals surface area contributed by atoms with Crippen LogP contribution in [0, 0.1) is 6.92 Å². The minimum atomic E-state index is 0.218. The molecule has 0 aromatic heterocycles. The zero-order valence-electron chi connectivity index (χ0n) is 9.71. The first-order chi connectivity index (χ1) is 7.08. The Bertz CT molecular complexity index is 353. The summed E-state index contributed by atoms with van der Waals surface area (Å²) in [5, 5.41) is 0. The lowest BCUT2D eigenvalue weighted by Crippen LogP contribution is -1.96. The Balaban J connectivity index is 2.47. The Labute approximate surface area is 91.8 Å². The fourth-order valence-corrected chi connectivity index (χ4v) is 1.42. The van der Waals surface area contributed by atoms with Crippen molar-refractivity contribution in [3.05, 3.63) is 47.0 Å². The minimum absolute atomic E-state index is 0.218. The summed E-state index contributed by atoms with van der Waals surface area (Å²) in [5.74, 6) is 0.218. The van der Waals surface area contributed by atoms with E-state index in [1.807, 2.05) is 13.8 Å². The Hall–Kier alpha value is -1.37. The van der Waals surface area contributed by atoms with E-state index in [9.17, 15) is 4.79 Å². The zero-order valence-corrected chi connectivity index (χ0v) is 9.71. The number of carbonyl (C=O) groups is 1. The number of rotatable bonds is 4. The molecule has 0 bridgehead atoms. The van der Waals surface area contributed by atoms with Crippen LogP contribution >= 0.6 is 0 Å². The molecule has 0 aliphatic rings. The third-order valence-electron chi connectivity index (χ3n) is 2.23. The highest BCUT2D eigenvalue weighted by Crippen LogP contribution is 2.06. The van der Waals surface area contributed by atoms with Crippen molar-refractivity contribution in [2.45, 2.75) is 33.6 Å². The van der Waals surface area contributed by atoms with Crippen LogP contribution in [0.4, 0.5) is 0 Å². The predicted molar refractivity (Wildman–Crippen MR) is 63.9 cm³/mol. The molecule has 0 aliphatic heterocycles. The normalized spacial score (nSPS) is 9.80. The van der Waals surface area contributed by atoms with E-state index in [0.717, 1.165) is 12.0 Å². The summed E-state index contributed by atoms with van der Waals surface area (Å²) in [4.78, 5) is 11.4. The summed E-state index contributed by atoms with van der Waals surface area (Å²) in [7, 11) is 0. The van der Waals surface area contributed by atoms with E-state index >= 15 is 0 Å². The van der Waals surface area contributed by atoms with Gasteiger partial charge in [0.15, 0.2) is 5.78 Å². The van der Waals surface area contributed by atoms with Gasteiger partial charge in [0, 0.05) is 6.42 Å². The van der Waals surface area contributed by atoms with E-state index in [1.54, 1.807) is 6.08 Å². The fourth-order valence-electron chi connectivity index (χ4n) is 1.42. The van der Waals surface area contributed by atoms with Crippen LogP contribution in [0.2, 0.25) is 0 Å². The molecule has 0 fully saturated rings. The first-order valence-corrected chi connectivity index (χ1v) is 5.31. The summed E-state index contributed by atoms with van der Waals surface area (Å²) in [6.45, 7) is 5.96. The molecule has 0 amide bonds. The molecule has 0 atom stereocenters. The molecular weight excluding hydrogens is 184 g/mol. The second kappa shape index (κ2) is 5.50. The molecule has 0 spiro atoms. The van der Waals surface area contributed by atoms with Crippen LogP contribution in [0.3, 0.4) is 0 Å². The Morgan fingerprint density at radius 3 is 2.33 bits per heavy atom. The van der Waals surface area contributed by atoms with E-state index in [2.05, 4.69) is 31.2 Å². The maximum atomic E-state index is 11.4. The molecule has 0 unspecified atom stereocenters.